The zero-order chi connectivity index (χ0) is 31.5. The number of carbonyl (C=O) groups excluding carboxylic acids is 5. The van der Waals surface area contributed by atoms with Crippen LogP contribution in [0.4, 0.5) is 5.69 Å². The van der Waals surface area contributed by atoms with Crippen LogP contribution in [0, 0.1) is 24.2 Å². The number of hydrogen-bond acceptors (Lipinski definition) is 7. The second kappa shape index (κ2) is 12.9. The Hall–Kier alpha value is -4.30. The Kier molecular flexibility index (Phi) is 9.50. The van der Waals surface area contributed by atoms with Crippen molar-refractivity contribution >= 4 is 46.3 Å². The Morgan fingerprint density at radius 3 is 2.07 bits per heavy atom. The second-order valence-electron chi connectivity index (χ2n) is 11.5. The van der Waals surface area contributed by atoms with Crippen LogP contribution in [0.2, 0.25) is 5.02 Å². The van der Waals surface area contributed by atoms with Crippen LogP contribution in [0.3, 0.4) is 0 Å². The number of carbonyl (C=O) groups is 5. The molecule has 1 amide bonds. The van der Waals surface area contributed by atoms with Crippen molar-refractivity contribution in [2.24, 2.45) is 17.3 Å². The predicted molar refractivity (Wildman–Crippen MR) is 163 cm³/mol. The van der Waals surface area contributed by atoms with Gasteiger partial charge in [-0.25, -0.2) is 0 Å². The third-order valence-electron chi connectivity index (χ3n) is 8.03. The normalized spacial score (nSPS) is 18.5. The van der Waals surface area contributed by atoms with Gasteiger partial charge in [0.25, 0.3) is 5.91 Å². The van der Waals surface area contributed by atoms with E-state index in [1.807, 2.05) is 0 Å². The molecule has 1 aliphatic carbocycles. The molecule has 0 saturated heterocycles. The Morgan fingerprint density at radius 2 is 1.51 bits per heavy atom. The van der Waals surface area contributed by atoms with E-state index in [1.165, 1.54) is 14.2 Å². The summed E-state index contributed by atoms with van der Waals surface area (Å²) in [6.45, 7) is 4.99. The standard InChI is InChI=1S/C34H34ClNO7/c1-19-16-22(35)10-15-27(19)36-33(41)32(40)29-31(39)26(28(37)18-34(29,2)3)17-25(20-6-11-23(42-4)12-7-20)30(38)21-8-13-24(43-5)14-9-21/h6-16,25-26,29H,17-18H2,1-5H3,(H,36,41)/t25-,26-,29-/m0/s1. The summed E-state index contributed by atoms with van der Waals surface area (Å²) in [5.74, 6) is -5.53. The molecule has 0 bridgehead atoms. The quantitative estimate of drug-likeness (QED) is 0.171. The summed E-state index contributed by atoms with van der Waals surface area (Å²) in [5, 5.41) is 3.06. The van der Waals surface area contributed by atoms with Gasteiger partial charge in [-0.3, -0.25) is 24.0 Å². The molecule has 43 heavy (non-hydrogen) atoms. The molecular formula is C34H34ClNO7. The zero-order valence-electron chi connectivity index (χ0n) is 24.7. The molecule has 0 aliphatic heterocycles. The highest BCUT2D eigenvalue weighted by atomic mass is 35.5. The number of benzene rings is 3. The fourth-order valence-corrected chi connectivity index (χ4v) is 5.88. The molecule has 9 heteroatoms. The molecule has 3 atom stereocenters. The van der Waals surface area contributed by atoms with Gasteiger partial charge in [0, 0.05) is 28.6 Å². The van der Waals surface area contributed by atoms with E-state index in [-0.39, 0.29) is 24.4 Å². The first kappa shape index (κ1) is 31.6. The fraction of sp³-hybridized carbons (Fsp3) is 0.324. The van der Waals surface area contributed by atoms with Gasteiger partial charge < -0.3 is 14.8 Å². The van der Waals surface area contributed by atoms with Crippen molar-refractivity contribution in [3.8, 4) is 11.5 Å². The molecule has 1 saturated carbocycles. The molecular weight excluding hydrogens is 570 g/mol. The lowest BCUT2D eigenvalue weighted by Crippen LogP contribution is -2.52. The highest BCUT2D eigenvalue weighted by molar-refractivity contribution is 6.45. The average molecular weight is 604 g/mol. The maximum Gasteiger partial charge on any atom is 0.292 e. The Balaban J connectivity index is 1.65. The highest BCUT2D eigenvalue weighted by Gasteiger charge is 2.53. The lowest BCUT2D eigenvalue weighted by atomic mass is 9.60. The van der Waals surface area contributed by atoms with Gasteiger partial charge in [0.1, 0.15) is 17.3 Å². The number of Topliss-reactive ketones (excluding diaryl/α,β-unsaturated/α-hetero) is 4. The van der Waals surface area contributed by atoms with Gasteiger partial charge in [0.05, 0.1) is 26.1 Å². The van der Waals surface area contributed by atoms with E-state index >= 15 is 0 Å². The number of aryl methyl sites for hydroxylation is 1. The largest absolute Gasteiger partial charge is 0.497 e. The van der Waals surface area contributed by atoms with Crippen LogP contribution in [0.15, 0.2) is 66.7 Å². The third-order valence-corrected chi connectivity index (χ3v) is 8.27. The Morgan fingerprint density at radius 1 is 0.930 bits per heavy atom. The summed E-state index contributed by atoms with van der Waals surface area (Å²) in [7, 11) is 3.05. The topological polar surface area (TPSA) is 116 Å². The number of rotatable bonds is 10. The average Bonchev–Trinajstić information content (AvgIpc) is 2.97. The number of ketones is 4. The first-order valence-electron chi connectivity index (χ1n) is 13.9. The van der Waals surface area contributed by atoms with Crippen LogP contribution in [0.1, 0.15) is 54.1 Å². The molecule has 8 nitrogen and oxygen atoms in total. The number of methoxy groups -OCH3 is 2. The number of nitrogens with one attached hydrogen (secondary N) is 1. The van der Waals surface area contributed by atoms with Crippen molar-refractivity contribution in [3.63, 3.8) is 0 Å². The van der Waals surface area contributed by atoms with Crippen LogP contribution in [0.25, 0.3) is 0 Å². The van der Waals surface area contributed by atoms with E-state index in [9.17, 15) is 24.0 Å². The third kappa shape index (κ3) is 6.86. The van der Waals surface area contributed by atoms with E-state index in [4.69, 9.17) is 21.1 Å². The minimum atomic E-state index is -1.37. The maximum absolute atomic E-state index is 14.0. The molecule has 0 spiro atoms. The molecule has 3 aromatic carbocycles. The number of ether oxygens (including phenoxy) is 2. The number of anilines is 1. The predicted octanol–water partition coefficient (Wildman–Crippen LogP) is 6.03. The van der Waals surface area contributed by atoms with Crippen LogP contribution in [-0.4, -0.2) is 43.3 Å². The van der Waals surface area contributed by atoms with Gasteiger partial charge in [0.2, 0.25) is 5.78 Å². The molecule has 0 aromatic heterocycles. The van der Waals surface area contributed by atoms with Gasteiger partial charge in [0.15, 0.2) is 11.6 Å². The summed E-state index contributed by atoms with van der Waals surface area (Å²) >= 11 is 6.01. The van der Waals surface area contributed by atoms with Crippen molar-refractivity contribution in [1.82, 2.24) is 0 Å². The first-order valence-corrected chi connectivity index (χ1v) is 14.2. The van der Waals surface area contributed by atoms with Gasteiger partial charge in [-0.2, -0.15) is 0 Å². The molecule has 0 radical (unpaired) electrons. The maximum atomic E-state index is 14.0. The SMILES string of the molecule is COc1ccc(C(=O)[C@@H](C[C@H]2C(=O)CC(C)(C)[C@H](C(=O)C(=O)Nc3ccc(Cl)cc3C)C2=O)c2ccc(OC)cc2)cc1. The van der Waals surface area contributed by atoms with Gasteiger partial charge in [-0.1, -0.05) is 37.6 Å². The highest BCUT2D eigenvalue weighted by Crippen LogP contribution is 2.43. The summed E-state index contributed by atoms with van der Waals surface area (Å²) in [6, 6.07) is 18.2. The molecule has 0 unspecified atom stereocenters. The smallest absolute Gasteiger partial charge is 0.292 e. The molecule has 1 N–H and O–H groups in total. The van der Waals surface area contributed by atoms with Crippen molar-refractivity contribution < 1.29 is 33.4 Å². The zero-order valence-corrected chi connectivity index (χ0v) is 25.5. The number of amides is 1. The van der Waals surface area contributed by atoms with Crippen molar-refractivity contribution in [2.45, 2.75) is 39.5 Å². The molecule has 1 fully saturated rings. The van der Waals surface area contributed by atoms with E-state index < -0.39 is 40.6 Å². The van der Waals surface area contributed by atoms with E-state index in [0.717, 1.165) is 0 Å². The van der Waals surface area contributed by atoms with Gasteiger partial charge in [-0.05, 0) is 84.5 Å². The molecule has 0 heterocycles. The van der Waals surface area contributed by atoms with Crippen molar-refractivity contribution in [3.05, 3.63) is 88.4 Å². The van der Waals surface area contributed by atoms with E-state index in [2.05, 4.69) is 5.32 Å². The lowest BCUT2D eigenvalue weighted by molar-refractivity contribution is -0.153. The molecule has 3 aromatic rings. The van der Waals surface area contributed by atoms with Crippen molar-refractivity contribution in [2.75, 3.05) is 19.5 Å². The molecule has 1 aliphatic rings. The summed E-state index contributed by atoms with van der Waals surface area (Å²) in [6.07, 6.45) is -0.244. The first-order chi connectivity index (χ1) is 20.4. The molecule has 224 valence electrons. The molecule has 4 rings (SSSR count). The van der Waals surface area contributed by atoms with Crippen LogP contribution in [0.5, 0.6) is 11.5 Å². The second-order valence-corrected chi connectivity index (χ2v) is 11.9. The van der Waals surface area contributed by atoms with E-state index in [0.29, 0.717) is 38.9 Å². The van der Waals surface area contributed by atoms with E-state index in [1.54, 1.807) is 87.5 Å². The number of halogens is 1. The summed E-state index contributed by atoms with van der Waals surface area (Å²) in [4.78, 5) is 67.9. The van der Waals surface area contributed by atoms with Crippen LogP contribution >= 0.6 is 11.6 Å². The monoisotopic (exact) mass is 603 g/mol. The van der Waals surface area contributed by atoms with Crippen LogP contribution < -0.4 is 14.8 Å². The van der Waals surface area contributed by atoms with Crippen LogP contribution in [-0.2, 0) is 19.2 Å². The van der Waals surface area contributed by atoms with Crippen molar-refractivity contribution in [1.29, 1.82) is 0 Å². The number of hydrogen-bond donors (Lipinski definition) is 1. The van der Waals surface area contributed by atoms with Gasteiger partial charge >= 0.3 is 0 Å². The lowest BCUT2D eigenvalue weighted by Gasteiger charge is -2.39. The Bertz CT molecular complexity index is 1560. The fourth-order valence-electron chi connectivity index (χ4n) is 5.66. The summed E-state index contributed by atoms with van der Waals surface area (Å²) < 4.78 is 10.5. The minimum Gasteiger partial charge on any atom is -0.497 e. The minimum absolute atomic E-state index is 0.0981. The Labute approximate surface area is 255 Å². The van der Waals surface area contributed by atoms with Gasteiger partial charge in [-0.15, -0.1) is 0 Å². The summed E-state index contributed by atoms with van der Waals surface area (Å²) in [5.41, 5.74) is 0.911.